The molecule has 0 saturated heterocycles. The maximum Gasteiger partial charge on any atom is 0.332 e. The molecule has 3 nitrogen and oxygen atoms in total. The second-order valence-corrected chi connectivity index (χ2v) is 3.05. The smallest absolute Gasteiger partial charge is 0.332 e. The number of ether oxygens (including phenoxy) is 2. The Morgan fingerprint density at radius 3 is 2.75 bits per heavy atom. The molecule has 0 aliphatic rings. The van der Waals surface area contributed by atoms with E-state index >= 15 is 0 Å². The molecule has 0 aromatic heterocycles. The number of hydrogen-bond acceptors (Lipinski definition) is 3. The van der Waals surface area contributed by atoms with E-state index in [0.717, 1.165) is 18.2 Å². The van der Waals surface area contributed by atoms with Gasteiger partial charge in [-0.15, -0.1) is 0 Å². The zero-order valence-corrected chi connectivity index (χ0v) is 8.93. The van der Waals surface area contributed by atoms with Crippen molar-refractivity contribution < 1.29 is 14.3 Å². The van der Waals surface area contributed by atoms with Crippen LogP contribution in [0.2, 0.25) is 0 Å². The number of unbranched alkanes of at least 4 members (excludes halogenated alkanes) is 1. The SMILES string of the molecule is CCOC(=O)COCCCCBr. The highest BCUT2D eigenvalue weighted by molar-refractivity contribution is 9.09. The van der Waals surface area contributed by atoms with Crippen LogP contribution in [0, 0.1) is 0 Å². The van der Waals surface area contributed by atoms with Gasteiger partial charge in [-0.05, 0) is 19.8 Å². The zero-order chi connectivity index (χ0) is 9.23. The summed E-state index contributed by atoms with van der Waals surface area (Å²) in [6.07, 6.45) is 2.05. The third kappa shape index (κ3) is 8.01. The molecular formula is C8H15BrO3. The summed E-state index contributed by atoms with van der Waals surface area (Å²) in [4.78, 5) is 10.7. The summed E-state index contributed by atoms with van der Waals surface area (Å²) in [5.74, 6) is -0.281. The molecule has 0 spiro atoms. The number of alkyl halides is 1. The van der Waals surface area contributed by atoms with Crippen molar-refractivity contribution in [3.8, 4) is 0 Å². The Morgan fingerprint density at radius 1 is 1.42 bits per heavy atom. The van der Waals surface area contributed by atoms with Gasteiger partial charge in [-0.2, -0.15) is 0 Å². The summed E-state index contributed by atoms with van der Waals surface area (Å²) in [6, 6.07) is 0. The Morgan fingerprint density at radius 2 is 2.17 bits per heavy atom. The van der Waals surface area contributed by atoms with E-state index in [1.165, 1.54) is 0 Å². The largest absolute Gasteiger partial charge is 0.464 e. The maximum absolute atomic E-state index is 10.7. The zero-order valence-electron chi connectivity index (χ0n) is 7.35. The van der Waals surface area contributed by atoms with Gasteiger partial charge < -0.3 is 9.47 Å². The summed E-state index contributed by atoms with van der Waals surface area (Å²) in [5, 5.41) is 0.982. The highest BCUT2D eigenvalue weighted by Gasteiger charge is 1.99. The minimum Gasteiger partial charge on any atom is -0.464 e. The van der Waals surface area contributed by atoms with Gasteiger partial charge in [0, 0.05) is 11.9 Å². The van der Waals surface area contributed by atoms with E-state index in [9.17, 15) is 4.79 Å². The van der Waals surface area contributed by atoms with Crippen LogP contribution in [0.15, 0.2) is 0 Å². The fourth-order valence-corrected chi connectivity index (χ4v) is 1.05. The highest BCUT2D eigenvalue weighted by Crippen LogP contribution is 1.94. The summed E-state index contributed by atoms with van der Waals surface area (Å²) in [6.45, 7) is 2.91. The fourth-order valence-electron chi connectivity index (χ4n) is 0.657. The summed E-state index contributed by atoms with van der Waals surface area (Å²) in [7, 11) is 0. The average Bonchev–Trinajstić information content (AvgIpc) is 2.05. The molecule has 0 unspecified atom stereocenters. The predicted molar refractivity (Wildman–Crippen MR) is 50.5 cm³/mol. The van der Waals surface area contributed by atoms with Crippen molar-refractivity contribution in [2.75, 3.05) is 25.2 Å². The summed E-state index contributed by atoms with van der Waals surface area (Å²) in [5.41, 5.74) is 0. The lowest BCUT2D eigenvalue weighted by Crippen LogP contribution is -2.12. The topological polar surface area (TPSA) is 35.5 Å². The number of carbonyl (C=O) groups is 1. The van der Waals surface area contributed by atoms with Crippen molar-refractivity contribution in [3.05, 3.63) is 0 Å². The van der Waals surface area contributed by atoms with Crippen LogP contribution in [-0.2, 0) is 14.3 Å². The van der Waals surface area contributed by atoms with Crippen molar-refractivity contribution >= 4 is 21.9 Å². The average molecular weight is 239 g/mol. The molecule has 12 heavy (non-hydrogen) atoms. The van der Waals surface area contributed by atoms with Gasteiger partial charge in [-0.1, -0.05) is 15.9 Å². The van der Waals surface area contributed by atoms with Crippen molar-refractivity contribution in [2.45, 2.75) is 19.8 Å². The van der Waals surface area contributed by atoms with Crippen LogP contribution in [0.4, 0.5) is 0 Å². The van der Waals surface area contributed by atoms with Gasteiger partial charge in [0.1, 0.15) is 6.61 Å². The Balaban J connectivity index is 3.03. The monoisotopic (exact) mass is 238 g/mol. The molecule has 0 saturated carbocycles. The highest BCUT2D eigenvalue weighted by atomic mass is 79.9. The van der Waals surface area contributed by atoms with Crippen molar-refractivity contribution in [2.24, 2.45) is 0 Å². The van der Waals surface area contributed by atoms with Crippen LogP contribution >= 0.6 is 15.9 Å². The summed E-state index contributed by atoms with van der Waals surface area (Å²) < 4.78 is 9.73. The third-order valence-corrected chi connectivity index (χ3v) is 1.76. The fraction of sp³-hybridized carbons (Fsp3) is 0.875. The molecule has 0 atom stereocenters. The first-order valence-electron chi connectivity index (χ1n) is 4.10. The summed E-state index contributed by atoms with van der Waals surface area (Å²) >= 11 is 3.31. The first kappa shape index (κ1) is 11.9. The van der Waals surface area contributed by atoms with Gasteiger partial charge in [0.15, 0.2) is 0 Å². The van der Waals surface area contributed by atoms with Gasteiger partial charge in [0.05, 0.1) is 6.61 Å². The molecule has 0 N–H and O–H groups in total. The Labute approximate surface area is 81.6 Å². The van der Waals surface area contributed by atoms with Gasteiger partial charge in [-0.3, -0.25) is 0 Å². The van der Waals surface area contributed by atoms with Gasteiger partial charge >= 0.3 is 5.97 Å². The predicted octanol–water partition coefficient (Wildman–Crippen LogP) is 1.74. The minimum absolute atomic E-state index is 0.0795. The lowest BCUT2D eigenvalue weighted by molar-refractivity contribution is -0.148. The maximum atomic E-state index is 10.7. The number of carbonyl (C=O) groups excluding carboxylic acids is 1. The van der Waals surface area contributed by atoms with Crippen molar-refractivity contribution in [1.82, 2.24) is 0 Å². The normalized spacial score (nSPS) is 9.83. The molecule has 0 aliphatic carbocycles. The number of halogens is 1. The van der Waals surface area contributed by atoms with Crippen LogP contribution in [0.1, 0.15) is 19.8 Å². The molecule has 0 aromatic rings. The van der Waals surface area contributed by atoms with Crippen LogP contribution < -0.4 is 0 Å². The molecule has 0 rings (SSSR count). The van der Waals surface area contributed by atoms with Gasteiger partial charge in [0.2, 0.25) is 0 Å². The Hall–Kier alpha value is -0.0900. The molecule has 0 amide bonds. The van der Waals surface area contributed by atoms with Crippen molar-refractivity contribution in [3.63, 3.8) is 0 Å². The van der Waals surface area contributed by atoms with E-state index in [1.54, 1.807) is 6.92 Å². The van der Waals surface area contributed by atoms with Crippen LogP contribution in [0.3, 0.4) is 0 Å². The minimum atomic E-state index is -0.281. The number of esters is 1. The second kappa shape index (κ2) is 9.00. The molecule has 0 aliphatic heterocycles. The van der Waals surface area contributed by atoms with Crippen LogP contribution in [0.25, 0.3) is 0 Å². The standard InChI is InChI=1S/C8H15BrO3/c1-2-12-8(10)7-11-6-4-3-5-9/h2-7H2,1H3. The molecule has 0 fully saturated rings. The van der Waals surface area contributed by atoms with Crippen LogP contribution in [-0.4, -0.2) is 31.1 Å². The van der Waals surface area contributed by atoms with E-state index in [0.29, 0.717) is 13.2 Å². The quantitative estimate of drug-likeness (QED) is 0.385. The Kier molecular flexibility index (Phi) is 8.93. The number of hydrogen-bond donors (Lipinski definition) is 0. The van der Waals surface area contributed by atoms with E-state index < -0.39 is 0 Å². The lowest BCUT2D eigenvalue weighted by Gasteiger charge is -2.02. The van der Waals surface area contributed by atoms with Gasteiger partial charge in [-0.25, -0.2) is 4.79 Å². The lowest BCUT2D eigenvalue weighted by atomic mass is 10.4. The van der Waals surface area contributed by atoms with E-state index in [1.807, 2.05) is 0 Å². The Bertz CT molecular complexity index is 117. The first-order chi connectivity index (χ1) is 5.81. The first-order valence-corrected chi connectivity index (χ1v) is 5.22. The molecule has 0 bridgehead atoms. The molecular weight excluding hydrogens is 224 g/mol. The molecule has 72 valence electrons. The molecule has 4 heteroatoms. The molecule has 0 heterocycles. The third-order valence-electron chi connectivity index (χ3n) is 1.20. The molecule has 0 radical (unpaired) electrons. The second-order valence-electron chi connectivity index (χ2n) is 2.25. The van der Waals surface area contributed by atoms with E-state index in [-0.39, 0.29) is 12.6 Å². The van der Waals surface area contributed by atoms with E-state index in [2.05, 4.69) is 20.7 Å². The number of rotatable bonds is 7. The van der Waals surface area contributed by atoms with E-state index in [4.69, 9.17) is 4.74 Å². The molecule has 0 aromatic carbocycles. The van der Waals surface area contributed by atoms with Gasteiger partial charge in [0.25, 0.3) is 0 Å². The van der Waals surface area contributed by atoms with Crippen LogP contribution in [0.5, 0.6) is 0 Å². The van der Waals surface area contributed by atoms with Crippen molar-refractivity contribution in [1.29, 1.82) is 0 Å².